The van der Waals surface area contributed by atoms with Crippen LogP contribution in [-0.4, -0.2) is 34.9 Å². The summed E-state index contributed by atoms with van der Waals surface area (Å²) in [6.45, 7) is 5.54. The summed E-state index contributed by atoms with van der Waals surface area (Å²) in [6, 6.07) is 13.4. The zero-order chi connectivity index (χ0) is 25.4. The van der Waals surface area contributed by atoms with Gasteiger partial charge in [-0.15, -0.1) is 0 Å². The van der Waals surface area contributed by atoms with E-state index in [4.69, 9.17) is 9.90 Å². The van der Waals surface area contributed by atoms with Crippen molar-refractivity contribution in [1.82, 2.24) is 5.32 Å². The number of nitrogens with one attached hydrogen (secondary N) is 2. The summed E-state index contributed by atoms with van der Waals surface area (Å²) in [5.74, 6) is -1.18. The third-order valence-corrected chi connectivity index (χ3v) is 7.85. The number of carboxylic acids is 1. The number of rotatable bonds is 3. The van der Waals surface area contributed by atoms with Gasteiger partial charge in [0.1, 0.15) is 5.75 Å². The SMILES string of the molecule is CC(C)c1ccccc1Nc1cc2c(cc1O)[C@]13CCCC[C@@H]1[C@H](C2)NCC3.O=C(O)C(F)(F)F. The molecular weight excluding hydrogens is 457 g/mol. The number of hydrogen-bond donors (Lipinski definition) is 4. The van der Waals surface area contributed by atoms with Gasteiger partial charge in [0.2, 0.25) is 0 Å². The molecule has 3 aliphatic rings. The lowest BCUT2D eigenvalue weighted by atomic mass is 9.53. The molecule has 8 heteroatoms. The minimum atomic E-state index is -5.08. The highest BCUT2D eigenvalue weighted by Crippen LogP contribution is 2.55. The molecule has 2 bridgehead atoms. The quantitative estimate of drug-likeness (QED) is 0.383. The van der Waals surface area contributed by atoms with Crippen molar-refractivity contribution in [3.05, 3.63) is 53.1 Å². The number of alkyl halides is 3. The van der Waals surface area contributed by atoms with Crippen molar-refractivity contribution in [2.75, 3.05) is 11.9 Å². The highest BCUT2D eigenvalue weighted by Gasteiger charge is 2.51. The number of aromatic hydroxyl groups is 1. The summed E-state index contributed by atoms with van der Waals surface area (Å²) in [7, 11) is 0. The molecule has 35 heavy (non-hydrogen) atoms. The standard InChI is InChI=1S/C25H32N2O.C2HF3O2/c1-16(2)18-7-3-4-9-21(18)27-23-14-17-13-22-19-8-5-6-10-25(19,11-12-26-22)20(17)15-24(23)28;3-2(4,5)1(6)7/h3-4,7,9,14-16,19,22,26-28H,5-6,8,10-13H2,1-2H3;(H,6,7)/t19-,22+,25+;/m1./s1. The van der Waals surface area contributed by atoms with Gasteiger partial charge >= 0.3 is 12.1 Å². The fourth-order valence-electron chi connectivity index (χ4n) is 6.33. The maximum Gasteiger partial charge on any atom is 0.490 e. The smallest absolute Gasteiger partial charge is 0.490 e. The first-order valence-corrected chi connectivity index (χ1v) is 12.3. The molecule has 0 spiro atoms. The van der Waals surface area contributed by atoms with Crippen LogP contribution >= 0.6 is 0 Å². The molecular formula is C27H33F3N2O3. The van der Waals surface area contributed by atoms with E-state index >= 15 is 0 Å². The van der Waals surface area contributed by atoms with Crippen LogP contribution in [-0.2, 0) is 16.6 Å². The fraction of sp³-hybridized carbons (Fsp3) is 0.519. The van der Waals surface area contributed by atoms with E-state index in [2.05, 4.69) is 60.9 Å². The second kappa shape index (κ2) is 9.72. The zero-order valence-corrected chi connectivity index (χ0v) is 20.1. The molecule has 3 atom stereocenters. The molecule has 4 N–H and O–H groups in total. The molecule has 0 amide bonds. The van der Waals surface area contributed by atoms with Crippen LogP contribution in [0.1, 0.15) is 68.6 Å². The summed E-state index contributed by atoms with van der Waals surface area (Å²) in [4.78, 5) is 8.90. The second-order valence-corrected chi connectivity index (χ2v) is 10.2. The topological polar surface area (TPSA) is 81.6 Å². The number of carbonyl (C=O) groups is 1. The van der Waals surface area contributed by atoms with Crippen LogP contribution in [0.15, 0.2) is 36.4 Å². The highest BCUT2D eigenvalue weighted by molar-refractivity contribution is 5.73. The first-order valence-electron chi connectivity index (χ1n) is 12.3. The number of aliphatic carboxylic acids is 1. The first-order chi connectivity index (χ1) is 16.5. The third-order valence-electron chi connectivity index (χ3n) is 7.85. The summed E-state index contributed by atoms with van der Waals surface area (Å²) in [5, 5.41) is 25.4. The number of para-hydroxylation sites is 1. The van der Waals surface area contributed by atoms with Gasteiger partial charge in [-0.1, -0.05) is 44.9 Å². The number of phenolic OH excluding ortho intramolecular Hbond substituents is 1. The van der Waals surface area contributed by atoms with E-state index in [1.54, 1.807) is 0 Å². The number of anilines is 2. The molecule has 1 saturated heterocycles. The maximum atomic E-state index is 11.0. The van der Waals surface area contributed by atoms with E-state index in [1.165, 1.54) is 48.8 Å². The van der Waals surface area contributed by atoms with Crippen molar-refractivity contribution in [2.24, 2.45) is 5.92 Å². The van der Waals surface area contributed by atoms with Crippen LogP contribution < -0.4 is 10.6 Å². The van der Waals surface area contributed by atoms with Crippen LogP contribution in [0, 0.1) is 5.92 Å². The predicted octanol–water partition coefficient (Wildman–Crippen LogP) is 6.24. The lowest BCUT2D eigenvalue weighted by molar-refractivity contribution is -0.192. The van der Waals surface area contributed by atoms with Gasteiger partial charge in [0.05, 0.1) is 5.69 Å². The van der Waals surface area contributed by atoms with Crippen molar-refractivity contribution in [3.8, 4) is 5.75 Å². The van der Waals surface area contributed by atoms with Crippen molar-refractivity contribution in [1.29, 1.82) is 0 Å². The van der Waals surface area contributed by atoms with E-state index in [9.17, 15) is 18.3 Å². The molecule has 0 radical (unpaired) electrons. The second-order valence-electron chi connectivity index (χ2n) is 10.2. The minimum Gasteiger partial charge on any atom is -0.506 e. The van der Waals surface area contributed by atoms with Crippen LogP contribution in [0.4, 0.5) is 24.5 Å². The third kappa shape index (κ3) is 4.99. The van der Waals surface area contributed by atoms with Crippen molar-refractivity contribution < 1.29 is 28.2 Å². The molecule has 5 nitrogen and oxygen atoms in total. The van der Waals surface area contributed by atoms with E-state index in [1.807, 2.05) is 0 Å². The Hall–Kier alpha value is -2.74. The molecule has 1 saturated carbocycles. The Morgan fingerprint density at radius 3 is 2.54 bits per heavy atom. The summed E-state index contributed by atoms with van der Waals surface area (Å²) >= 11 is 0. The Morgan fingerprint density at radius 2 is 1.86 bits per heavy atom. The Morgan fingerprint density at radius 1 is 1.14 bits per heavy atom. The Kier molecular flexibility index (Phi) is 7.04. The van der Waals surface area contributed by atoms with Gasteiger partial charge in [0.25, 0.3) is 0 Å². The van der Waals surface area contributed by atoms with E-state index in [-0.39, 0.29) is 5.41 Å². The van der Waals surface area contributed by atoms with Crippen LogP contribution in [0.2, 0.25) is 0 Å². The number of carboxylic acid groups (broad SMARTS) is 1. The predicted molar refractivity (Wildman–Crippen MR) is 129 cm³/mol. The van der Waals surface area contributed by atoms with Gasteiger partial charge < -0.3 is 20.8 Å². The van der Waals surface area contributed by atoms with Crippen LogP contribution in [0.3, 0.4) is 0 Å². The van der Waals surface area contributed by atoms with E-state index < -0.39 is 12.1 Å². The van der Waals surface area contributed by atoms with Gasteiger partial charge in [-0.2, -0.15) is 13.2 Å². The van der Waals surface area contributed by atoms with Gasteiger partial charge in [0.15, 0.2) is 0 Å². The van der Waals surface area contributed by atoms with E-state index in [0.717, 1.165) is 30.3 Å². The van der Waals surface area contributed by atoms with Crippen molar-refractivity contribution in [2.45, 2.75) is 75.9 Å². The molecule has 5 rings (SSSR count). The summed E-state index contributed by atoms with van der Waals surface area (Å²) in [6.07, 6.45) is 2.51. The van der Waals surface area contributed by atoms with Crippen LogP contribution in [0.25, 0.3) is 0 Å². The largest absolute Gasteiger partial charge is 0.506 e. The molecule has 2 aromatic carbocycles. The van der Waals surface area contributed by atoms with Crippen molar-refractivity contribution in [3.63, 3.8) is 0 Å². The van der Waals surface area contributed by atoms with Crippen LogP contribution in [0.5, 0.6) is 5.75 Å². The molecule has 2 aromatic rings. The molecule has 2 fully saturated rings. The maximum absolute atomic E-state index is 11.0. The molecule has 190 valence electrons. The summed E-state index contributed by atoms with van der Waals surface area (Å²) < 4.78 is 31.7. The number of halogens is 3. The molecule has 0 unspecified atom stereocenters. The lowest BCUT2D eigenvalue weighted by Gasteiger charge is -2.56. The van der Waals surface area contributed by atoms with Crippen molar-refractivity contribution >= 4 is 17.3 Å². The number of fused-ring (bicyclic) bond motifs is 1. The lowest BCUT2D eigenvalue weighted by Crippen LogP contribution is -2.59. The average Bonchev–Trinajstić information content (AvgIpc) is 2.80. The monoisotopic (exact) mass is 490 g/mol. The summed E-state index contributed by atoms with van der Waals surface area (Å²) in [5.41, 5.74) is 6.37. The average molecular weight is 491 g/mol. The molecule has 1 heterocycles. The van der Waals surface area contributed by atoms with Gasteiger partial charge in [-0.05, 0) is 79.0 Å². The Labute approximate surface area is 203 Å². The Balaban J connectivity index is 0.000000364. The highest BCUT2D eigenvalue weighted by atomic mass is 19.4. The van der Waals surface area contributed by atoms with Gasteiger partial charge in [-0.25, -0.2) is 4.79 Å². The number of hydrogen-bond acceptors (Lipinski definition) is 4. The zero-order valence-electron chi connectivity index (χ0n) is 20.1. The van der Waals surface area contributed by atoms with E-state index in [0.29, 0.717) is 17.7 Å². The Bertz CT molecular complexity index is 1080. The molecule has 1 aliphatic heterocycles. The first kappa shape index (κ1) is 25.4. The number of phenols is 1. The fourth-order valence-corrected chi connectivity index (χ4v) is 6.33. The number of benzene rings is 2. The van der Waals surface area contributed by atoms with Gasteiger partial charge in [-0.3, -0.25) is 0 Å². The normalized spacial score (nSPS) is 25.1. The molecule has 0 aromatic heterocycles. The molecule has 2 aliphatic carbocycles. The minimum absolute atomic E-state index is 0.285. The van der Waals surface area contributed by atoms with Gasteiger partial charge in [0, 0.05) is 17.1 Å². The number of piperidine rings is 1.